The quantitative estimate of drug-likeness (QED) is 0.760. The van der Waals surface area contributed by atoms with Crippen molar-refractivity contribution in [2.45, 2.75) is 18.6 Å². The van der Waals surface area contributed by atoms with Gasteiger partial charge in [0.15, 0.2) is 4.75 Å². The molecule has 1 heterocycles. The Morgan fingerprint density at radius 3 is 2.42 bits per heavy atom. The number of hydrogen-bond acceptors (Lipinski definition) is 5. The summed E-state index contributed by atoms with van der Waals surface area (Å²) >= 11 is 0. The molecule has 1 amide bonds. The van der Waals surface area contributed by atoms with E-state index in [9.17, 15) is 18.0 Å². The Hall–Kier alpha value is -2.09. The lowest BCUT2D eigenvalue weighted by atomic mass is 10.1. The molecule has 0 atom stereocenters. The van der Waals surface area contributed by atoms with Crippen LogP contribution in [0.2, 0.25) is 0 Å². The topological polar surface area (TPSA) is 118 Å². The van der Waals surface area contributed by atoms with Gasteiger partial charge in [0.25, 0.3) is 15.9 Å². The summed E-state index contributed by atoms with van der Waals surface area (Å²) in [6, 6.07) is 3.66. The summed E-state index contributed by atoms with van der Waals surface area (Å²) in [6.07, 6.45) is 0. The fraction of sp³-hybridized carbons (Fsp3) is 0.273. The van der Waals surface area contributed by atoms with Crippen molar-refractivity contribution in [3.8, 4) is 0 Å². The Kier molecular flexibility index (Phi) is 2.60. The van der Waals surface area contributed by atoms with Crippen molar-refractivity contribution >= 4 is 33.3 Å². The molecule has 0 aromatic heterocycles. The summed E-state index contributed by atoms with van der Waals surface area (Å²) in [6.45, 7) is 2.54. The average Bonchev–Trinajstić information content (AvgIpc) is 2.28. The van der Waals surface area contributed by atoms with Crippen LogP contribution in [0.15, 0.2) is 18.2 Å². The van der Waals surface area contributed by atoms with Crippen LogP contribution in [0.5, 0.6) is 0 Å². The van der Waals surface area contributed by atoms with Crippen molar-refractivity contribution in [2.75, 3.05) is 10.0 Å². The van der Waals surface area contributed by atoms with Crippen molar-refractivity contribution in [1.29, 1.82) is 0 Å². The molecule has 0 bridgehead atoms. The van der Waals surface area contributed by atoms with Crippen LogP contribution in [0.4, 0.5) is 11.4 Å². The summed E-state index contributed by atoms with van der Waals surface area (Å²) in [5.74, 6) is -2.01. The van der Waals surface area contributed by atoms with E-state index in [1.807, 2.05) is 0 Å². The summed E-state index contributed by atoms with van der Waals surface area (Å²) in [7, 11) is -3.91. The van der Waals surface area contributed by atoms with Crippen molar-refractivity contribution < 1.29 is 23.1 Å². The Morgan fingerprint density at radius 2 is 1.95 bits per heavy atom. The zero-order valence-electron chi connectivity index (χ0n) is 10.2. The fourth-order valence-electron chi connectivity index (χ4n) is 1.79. The first-order chi connectivity index (χ1) is 8.60. The Bertz CT molecular complexity index is 693. The number of benzene rings is 1. The van der Waals surface area contributed by atoms with E-state index in [-0.39, 0.29) is 16.9 Å². The molecule has 1 aromatic rings. The lowest BCUT2D eigenvalue weighted by Gasteiger charge is -2.43. The highest BCUT2D eigenvalue weighted by Gasteiger charge is 2.61. The minimum Gasteiger partial charge on any atom is -0.478 e. The molecule has 0 unspecified atom stereocenters. The maximum absolute atomic E-state index is 12.0. The van der Waals surface area contributed by atoms with Gasteiger partial charge in [-0.1, -0.05) is 0 Å². The molecule has 0 radical (unpaired) electrons. The van der Waals surface area contributed by atoms with Gasteiger partial charge in [0.2, 0.25) is 0 Å². The highest BCUT2D eigenvalue weighted by molar-refractivity contribution is 7.98. The maximum atomic E-state index is 12.0. The second-order valence-corrected chi connectivity index (χ2v) is 7.00. The van der Waals surface area contributed by atoms with E-state index >= 15 is 0 Å². The van der Waals surface area contributed by atoms with Crippen LogP contribution in [0.1, 0.15) is 24.2 Å². The van der Waals surface area contributed by atoms with E-state index in [2.05, 4.69) is 0 Å². The number of nitrogen functional groups attached to an aromatic ring is 1. The molecule has 1 fully saturated rings. The van der Waals surface area contributed by atoms with Crippen molar-refractivity contribution in [3.05, 3.63) is 23.8 Å². The van der Waals surface area contributed by atoms with Gasteiger partial charge in [-0.2, -0.15) is 0 Å². The number of anilines is 2. The van der Waals surface area contributed by atoms with Crippen LogP contribution in [-0.4, -0.2) is 30.1 Å². The van der Waals surface area contributed by atoms with E-state index < -0.39 is 26.6 Å². The van der Waals surface area contributed by atoms with E-state index in [1.165, 1.54) is 26.0 Å². The highest BCUT2D eigenvalue weighted by atomic mass is 32.2. The van der Waals surface area contributed by atoms with Gasteiger partial charge < -0.3 is 10.8 Å². The molecular weight excluding hydrogens is 272 g/mol. The van der Waals surface area contributed by atoms with Gasteiger partial charge in [0.1, 0.15) is 0 Å². The molecule has 0 saturated carbocycles. The molecule has 3 N–H and O–H groups in total. The second kappa shape index (κ2) is 3.70. The number of carboxylic acids is 1. The zero-order chi connectivity index (χ0) is 14.6. The van der Waals surface area contributed by atoms with Crippen LogP contribution in [0.25, 0.3) is 0 Å². The molecule has 8 heteroatoms. The van der Waals surface area contributed by atoms with Crippen molar-refractivity contribution in [1.82, 2.24) is 0 Å². The molecule has 7 nitrogen and oxygen atoms in total. The van der Waals surface area contributed by atoms with Crippen LogP contribution in [-0.2, 0) is 14.8 Å². The first-order valence-corrected chi connectivity index (χ1v) is 6.77. The number of rotatable bonds is 2. The van der Waals surface area contributed by atoms with Crippen molar-refractivity contribution in [3.63, 3.8) is 0 Å². The summed E-state index contributed by atoms with van der Waals surface area (Å²) in [5.41, 5.74) is 5.18. The number of hydrogen-bond donors (Lipinski definition) is 2. The Balaban J connectivity index is 2.65. The lowest BCUT2D eigenvalue weighted by Crippen LogP contribution is -2.68. The third kappa shape index (κ3) is 1.60. The number of carboxylic acid groups (broad SMARTS) is 1. The maximum Gasteiger partial charge on any atom is 0.337 e. The number of carbonyl (C=O) groups excluding carboxylic acids is 1. The third-order valence-corrected chi connectivity index (χ3v) is 5.36. The molecule has 1 aliphatic heterocycles. The van der Waals surface area contributed by atoms with E-state index in [0.717, 1.165) is 6.07 Å². The normalized spacial score (nSPS) is 19.9. The molecule has 19 heavy (non-hydrogen) atoms. The SMILES string of the molecule is CC1(C)C(=O)N(c2cc(N)ccc2C(=O)O)S1(=O)=O. The molecule has 1 saturated heterocycles. The van der Waals surface area contributed by atoms with Crippen LogP contribution < -0.4 is 10.0 Å². The first-order valence-electron chi connectivity index (χ1n) is 5.33. The number of nitrogens with two attached hydrogens (primary N) is 1. The monoisotopic (exact) mass is 284 g/mol. The molecule has 102 valence electrons. The van der Waals surface area contributed by atoms with Crippen molar-refractivity contribution in [2.24, 2.45) is 0 Å². The standard InChI is InChI=1S/C11H12N2O5S/c1-11(2)10(16)13(19(11,17)18)8-5-6(12)3-4-7(8)9(14)15/h3-5H,12H2,1-2H3,(H,14,15). The molecule has 0 spiro atoms. The van der Waals surface area contributed by atoms with E-state index in [0.29, 0.717) is 4.31 Å². The molecule has 0 aliphatic carbocycles. The van der Waals surface area contributed by atoms with Crippen LogP contribution >= 0.6 is 0 Å². The molecule has 1 aliphatic rings. The smallest absolute Gasteiger partial charge is 0.337 e. The zero-order valence-corrected chi connectivity index (χ0v) is 11.1. The first kappa shape index (κ1) is 13.3. The summed E-state index contributed by atoms with van der Waals surface area (Å²) < 4.78 is 23.0. The van der Waals surface area contributed by atoms with Crippen LogP contribution in [0.3, 0.4) is 0 Å². The highest BCUT2D eigenvalue weighted by Crippen LogP contribution is 2.41. The van der Waals surface area contributed by atoms with Gasteiger partial charge in [0, 0.05) is 5.69 Å². The van der Waals surface area contributed by atoms with Gasteiger partial charge in [-0.25, -0.2) is 17.5 Å². The lowest BCUT2D eigenvalue weighted by molar-refractivity contribution is -0.120. The van der Waals surface area contributed by atoms with Gasteiger partial charge in [-0.3, -0.25) is 4.79 Å². The number of sulfonamides is 1. The minimum absolute atomic E-state index is 0.174. The summed E-state index contributed by atoms with van der Waals surface area (Å²) in [4.78, 5) is 23.0. The van der Waals surface area contributed by atoms with Gasteiger partial charge >= 0.3 is 5.97 Å². The second-order valence-electron chi connectivity index (χ2n) is 4.67. The predicted octanol–water partition coefficient (Wildman–Crippen LogP) is 0.422. The third-order valence-electron chi connectivity index (χ3n) is 3.06. The fourth-order valence-corrected chi connectivity index (χ4v) is 3.28. The van der Waals surface area contributed by atoms with Gasteiger partial charge in [0.05, 0.1) is 11.3 Å². The van der Waals surface area contributed by atoms with Gasteiger partial charge in [-0.15, -0.1) is 0 Å². The minimum atomic E-state index is -3.91. The average molecular weight is 284 g/mol. The van der Waals surface area contributed by atoms with Crippen LogP contribution in [0, 0.1) is 0 Å². The summed E-state index contributed by atoms with van der Waals surface area (Å²) in [5, 5.41) is 9.04. The van der Waals surface area contributed by atoms with Gasteiger partial charge in [-0.05, 0) is 32.0 Å². The molecule has 1 aromatic carbocycles. The molecular formula is C11H12N2O5S. The number of aromatic carboxylic acids is 1. The number of carbonyl (C=O) groups is 2. The van der Waals surface area contributed by atoms with E-state index in [4.69, 9.17) is 10.8 Å². The van der Waals surface area contributed by atoms with E-state index in [1.54, 1.807) is 0 Å². The largest absolute Gasteiger partial charge is 0.478 e. The number of amides is 1. The predicted molar refractivity (Wildman–Crippen MR) is 68.3 cm³/mol. The Labute approximate surface area is 109 Å². The molecule has 2 rings (SSSR count). The Morgan fingerprint density at radius 1 is 1.37 bits per heavy atom. The number of nitrogens with zero attached hydrogens (tertiary/aromatic N) is 1.